The van der Waals surface area contributed by atoms with Crippen molar-refractivity contribution in [3.8, 4) is 5.75 Å². The van der Waals surface area contributed by atoms with E-state index < -0.39 is 11.7 Å². The minimum absolute atomic E-state index is 0.0299. The Morgan fingerprint density at radius 2 is 1.93 bits per heavy atom. The second kappa shape index (κ2) is 10.8. The number of aliphatic hydroxyl groups is 3. The van der Waals surface area contributed by atoms with Crippen molar-refractivity contribution < 1.29 is 24.9 Å². The van der Waals surface area contributed by atoms with Gasteiger partial charge in [-0.3, -0.25) is 4.79 Å². The van der Waals surface area contributed by atoms with Gasteiger partial charge in [-0.25, -0.2) is 0 Å². The van der Waals surface area contributed by atoms with Crippen molar-refractivity contribution in [2.45, 2.75) is 43.8 Å². The zero-order valence-corrected chi connectivity index (χ0v) is 15.5. The highest BCUT2D eigenvalue weighted by molar-refractivity contribution is 6.09. The molecule has 0 saturated heterocycles. The van der Waals surface area contributed by atoms with E-state index in [-0.39, 0.29) is 12.4 Å². The molecule has 1 aromatic rings. The first kappa shape index (κ1) is 21.1. The van der Waals surface area contributed by atoms with Gasteiger partial charge in [-0.15, -0.1) is 0 Å². The highest BCUT2D eigenvalue weighted by atomic mass is 16.5. The first-order valence-corrected chi connectivity index (χ1v) is 9.37. The Hall–Kier alpha value is -2.21. The SMILES string of the molecule is O=C1C=CC(O)(CCCCOc2ccccc2)/C1=C\C=C\C(O)CCCO. The number of hydrogen-bond donors (Lipinski definition) is 3. The summed E-state index contributed by atoms with van der Waals surface area (Å²) in [6, 6.07) is 9.55. The Morgan fingerprint density at radius 3 is 2.67 bits per heavy atom. The Morgan fingerprint density at radius 1 is 1.15 bits per heavy atom. The number of hydrogen-bond acceptors (Lipinski definition) is 5. The second-order valence-electron chi connectivity index (χ2n) is 6.64. The molecule has 1 aromatic carbocycles. The van der Waals surface area contributed by atoms with Crippen LogP contribution in [-0.4, -0.2) is 46.0 Å². The summed E-state index contributed by atoms with van der Waals surface area (Å²) in [6.07, 6.45) is 9.83. The number of carbonyl (C=O) groups excluding carboxylic acids is 1. The molecule has 2 atom stereocenters. The summed E-state index contributed by atoms with van der Waals surface area (Å²) in [5.41, 5.74) is -0.957. The Kier molecular flexibility index (Phi) is 8.45. The lowest BCUT2D eigenvalue weighted by molar-refractivity contribution is -0.112. The summed E-state index contributed by atoms with van der Waals surface area (Å²) in [4.78, 5) is 12.0. The van der Waals surface area contributed by atoms with E-state index in [0.717, 1.165) is 12.2 Å². The molecule has 3 N–H and O–H groups in total. The lowest BCUT2D eigenvalue weighted by atomic mass is 9.90. The summed E-state index contributed by atoms with van der Waals surface area (Å²) in [5, 5.41) is 29.3. The summed E-state index contributed by atoms with van der Waals surface area (Å²) in [5.74, 6) is 0.602. The van der Waals surface area contributed by atoms with Gasteiger partial charge in [0, 0.05) is 12.2 Å². The van der Waals surface area contributed by atoms with Gasteiger partial charge in [0.2, 0.25) is 0 Å². The van der Waals surface area contributed by atoms with E-state index in [4.69, 9.17) is 9.84 Å². The van der Waals surface area contributed by atoms with Gasteiger partial charge in [0.1, 0.15) is 11.4 Å². The van der Waals surface area contributed by atoms with Crippen LogP contribution in [0.4, 0.5) is 0 Å². The quantitative estimate of drug-likeness (QED) is 0.411. The van der Waals surface area contributed by atoms with Crippen molar-refractivity contribution in [3.63, 3.8) is 0 Å². The van der Waals surface area contributed by atoms with Gasteiger partial charge in [0.25, 0.3) is 0 Å². The Labute approximate surface area is 160 Å². The van der Waals surface area contributed by atoms with Gasteiger partial charge in [-0.1, -0.05) is 36.4 Å². The lowest BCUT2D eigenvalue weighted by Gasteiger charge is -2.22. The highest BCUT2D eigenvalue weighted by Gasteiger charge is 2.36. The third-order valence-corrected chi connectivity index (χ3v) is 4.46. The summed E-state index contributed by atoms with van der Waals surface area (Å²) in [6.45, 7) is 0.579. The molecule has 0 heterocycles. The number of ketones is 1. The van der Waals surface area contributed by atoms with Crippen LogP contribution < -0.4 is 4.74 Å². The third kappa shape index (κ3) is 6.79. The highest BCUT2D eigenvalue weighted by Crippen LogP contribution is 2.31. The maximum Gasteiger partial charge on any atom is 0.184 e. The number of para-hydroxylation sites is 1. The molecule has 0 fully saturated rings. The largest absolute Gasteiger partial charge is 0.494 e. The van der Waals surface area contributed by atoms with E-state index in [1.807, 2.05) is 30.3 Å². The standard InChI is InChI=1S/C22H28O5/c23-16-7-9-18(24)8-6-12-20-21(25)13-15-22(20,26)14-4-5-17-27-19-10-2-1-3-11-19/h1-3,6,8,10-13,15,18,23-24,26H,4-5,7,9,14,16-17H2/b8-6+,20-12-. The molecule has 2 rings (SSSR count). The van der Waals surface area contributed by atoms with E-state index in [1.165, 1.54) is 12.2 Å². The molecular weight excluding hydrogens is 344 g/mol. The summed E-state index contributed by atoms with van der Waals surface area (Å²) < 4.78 is 5.64. The molecule has 0 aromatic heterocycles. The maximum absolute atomic E-state index is 12.0. The number of aliphatic hydroxyl groups excluding tert-OH is 2. The number of allylic oxidation sites excluding steroid dienone is 3. The topological polar surface area (TPSA) is 87.0 Å². The van der Waals surface area contributed by atoms with Crippen LogP contribution >= 0.6 is 0 Å². The Bertz CT molecular complexity index is 677. The Balaban J connectivity index is 1.82. The average molecular weight is 372 g/mol. The predicted molar refractivity (Wildman–Crippen MR) is 104 cm³/mol. The zero-order chi connectivity index (χ0) is 19.5. The zero-order valence-electron chi connectivity index (χ0n) is 15.5. The van der Waals surface area contributed by atoms with E-state index in [0.29, 0.717) is 37.9 Å². The van der Waals surface area contributed by atoms with Crippen molar-refractivity contribution in [2.75, 3.05) is 13.2 Å². The number of benzene rings is 1. The van der Waals surface area contributed by atoms with Crippen molar-refractivity contribution in [2.24, 2.45) is 0 Å². The molecule has 2 unspecified atom stereocenters. The molecule has 0 radical (unpaired) electrons. The van der Waals surface area contributed by atoms with Crippen LogP contribution in [-0.2, 0) is 4.79 Å². The van der Waals surface area contributed by atoms with Crippen molar-refractivity contribution in [1.29, 1.82) is 0 Å². The second-order valence-corrected chi connectivity index (χ2v) is 6.64. The molecule has 0 amide bonds. The normalized spacial score (nSPS) is 22.0. The van der Waals surface area contributed by atoms with Crippen molar-refractivity contribution in [1.82, 2.24) is 0 Å². The van der Waals surface area contributed by atoms with E-state index >= 15 is 0 Å². The number of ether oxygens (including phenoxy) is 1. The van der Waals surface area contributed by atoms with Crippen LogP contribution in [0.15, 0.2) is 66.3 Å². The van der Waals surface area contributed by atoms with E-state index in [9.17, 15) is 15.0 Å². The number of carbonyl (C=O) groups is 1. The van der Waals surface area contributed by atoms with Gasteiger partial charge in [0.05, 0.1) is 12.7 Å². The van der Waals surface area contributed by atoms with Crippen LogP contribution in [0, 0.1) is 0 Å². The van der Waals surface area contributed by atoms with Crippen LogP contribution in [0.1, 0.15) is 32.1 Å². The average Bonchev–Trinajstić information content (AvgIpc) is 2.95. The fraction of sp³-hybridized carbons (Fsp3) is 0.409. The van der Waals surface area contributed by atoms with Gasteiger partial charge >= 0.3 is 0 Å². The predicted octanol–water partition coefficient (Wildman–Crippen LogP) is 2.72. The molecule has 27 heavy (non-hydrogen) atoms. The van der Waals surface area contributed by atoms with Gasteiger partial charge in [0.15, 0.2) is 5.78 Å². The lowest BCUT2D eigenvalue weighted by Crippen LogP contribution is -2.28. The maximum atomic E-state index is 12.0. The number of rotatable bonds is 11. The molecule has 5 nitrogen and oxygen atoms in total. The fourth-order valence-electron chi connectivity index (χ4n) is 2.93. The molecule has 0 bridgehead atoms. The summed E-state index contributed by atoms with van der Waals surface area (Å²) >= 11 is 0. The van der Waals surface area contributed by atoms with Crippen molar-refractivity contribution in [3.05, 3.63) is 66.3 Å². The molecule has 1 aliphatic rings. The van der Waals surface area contributed by atoms with Crippen molar-refractivity contribution >= 4 is 5.78 Å². The molecule has 0 saturated carbocycles. The smallest absolute Gasteiger partial charge is 0.184 e. The summed E-state index contributed by atoms with van der Waals surface area (Å²) in [7, 11) is 0. The molecule has 5 heteroatoms. The molecule has 1 aliphatic carbocycles. The first-order valence-electron chi connectivity index (χ1n) is 9.37. The molecular formula is C22H28O5. The monoisotopic (exact) mass is 372 g/mol. The van der Waals surface area contributed by atoms with Crippen LogP contribution in [0.5, 0.6) is 5.75 Å². The molecule has 146 valence electrons. The van der Waals surface area contributed by atoms with E-state index in [2.05, 4.69) is 0 Å². The minimum Gasteiger partial charge on any atom is -0.494 e. The van der Waals surface area contributed by atoms with Crippen LogP contribution in [0.3, 0.4) is 0 Å². The van der Waals surface area contributed by atoms with E-state index in [1.54, 1.807) is 18.2 Å². The van der Waals surface area contributed by atoms with Gasteiger partial charge in [-0.2, -0.15) is 0 Å². The minimum atomic E-state index is -1.27. The molecule has 0 spiro atoms. The van der Waals surface area contributed by atoms with Gasteiger partial charge in [-0.05, 0) is 56.4 Å². The first-order chi connectivity index (χ1) is 13.0. The van der Waals surface area contributed by atoms with Crippen LogP contribution in [0.2, 0.25) is 0 Å². The number of unbranched alkanes of at least 4 members (excludes halogenated alkanes) is 1. The fourth-order valence-corrected chi connectivity index (χ4v) is 2.93. The van der Waals surface area contributed by atoms with Crippen LogP contribution in [0.25, 0.3) is 0 Å². The third-order valence-electron chi connectivity index (χ3n) is 4.46. The van der Waals surface area contributed by atoms with Gasteiger partial charge < -0.3 is 20.1 Å². The molecule has 0 aliphatic heterocycles.